The molecule has 0 saturated heterocycles. The minimum absolute atomic E-state index is 0.0100. The zero-order valence-corrected chi connectivity index (χ0v) is 15.4. The molecule has 1 atom stereocenters. The van der Waals surface area contributed by atoms with Crippen LogP contribution in [0.1, 0.15) is 12.1 Å². The lowest BCUT2D eigenvalue weighted by molar-refractivity contribution is -0.111. The third-order valence-corrected chi connectivity index (χ3v) is 4.97. The number of benzene rings is 2. The van der Waals surface area contributed by atoms with E-state index in [0.717, 1.165) is 11.8 Å². The van der Waals surface area contributed by atoms with E-state index in [-0.39, 0.29) is 5.75 Å². The Morgan fingerprint density at radius 2 is 1.86 bits per heavy atom. The predicted octanol–water partition coefficient (Wildman–Crippen LogP) is 4.21. The van der Waals surface area contributed by atoms with Crippen molar-refractivity contribution in [2.75, 3.05) is 7.11 Å². The van der Waals surface area contributed by atoms with Crippen molar-refractivity contribution in [3.8, 4) is 28.4 Å². The molecule has 140 valence electrons. The molecule has 0 fully saturated rings. The van der Waals surface area contributed by atoms with E-state index in [2.05, 4.69) is 0 Å². The first-order valence-electron chi connectivity index (χ1n) is 9.02. The van der Waals surface area contributed by atoms with Crippen molar-refractivity contribution in [1.82, 2.24) is 9.78 Å². The van der Waals surface area contributed by atoms with Gasteiger partial charge < -0.3 is 14.6 Å². The maximum absolute atomic E-state index is 12.2. The molecule has 0 aliphatic heterocycles. The van der Waals surface area contributed by atoms with Gasteiger partial charge in [0.2, 0.25) is 0 Å². The lowest BCUT2D eigenvalue weighted by Crippen LogP contribution is -2.29. The number of aldehydes is 1. The number of rotatable bonds is 5. The van der Waals surface area contributed by atoms with Crippen LogP contribution in [0.25, 0.3) is 16.9 Å². The SMILES string of the molecule is COc1ccccc1-n1nc(-c2ccccc2)c(O)c1C1(C=O)C=CC=CC1. The van der Waals surface area contributed by atoms with Gasteiger partial charge in [-0.1, -0.05) is 66.8 Å². The fraction of sp³-hybridized carbons (Fsp3) is 0.130. The molecule has 0 bridgehead atoms. The summed E-state index contributed by atoms with van der Waals surface area (Å²) in [5.41, 5.74) is 1.25. The van der Waals surface area contributed by atoms with E-state index in [1.54, 1.807) is 17.9 Å². The summed E-state index contributed by atoms with van der Waals surface area (Å²) in [7, 11) is 1.58. The van der Waals surface area contributed by atoms with E-state index in [9.17, 15) is 9.90 Å². The maximum Gasteiger partial charge on any atom is 0.166 e. The van der Waals surface area contributed by atoms with Crippen LogP contribution >= 0.6 is 0 Å². The van der Waals surface area contributed by atoms with E-state index < -0.39 is 5.41 Å². The fourth-order valence-corrected chi connectivity index (χ4v) is 3.55. The van der Waals surface area contributed by atoms with Crippen LogP contribution in [0, 0.1) is 0 Å². The second kappa shape index (κ2) is 7.19. The van der Waals surface area contributed by atoms with Gasteiger partial charge in [0.15, 0.2) is 5.75 Å². The zero-order chi connectivity index (χ0) is 19.6. The Bertz CT molecular complexity index is 1070. The number of carbonyl (C=O) groups excluding carboxylic acids is 1. The molecule has 1 aromatic heterocycles. The Balaban J connectivity index is 2.03. The third-order valence-electron chi connectivity index (χ3n) is 4.97. The standard InChI is InChI=1S/C23H20N2O3/c1-28-19-13-7-6-12-18(19)25-22(23(16-26)14-8-3-9-15-23)21(27)20(24-25)17-10-4-2-5-11-17/h2-14,16,27H,15H2,1H3. The first-order valence-corrected chi connectivity index (χ1v) is 9.02. The quantitative estimate of drug-likeness (QED) is 0.682. The van der Waals surface area contributed by atoms with Gasteiger partial charge in [0.05, 0.1) is 12.5 Å². The number of nitrogens with zero attached hydrogens (tertiary/aromatic N) is 2. The number of aromatic nitrogens is 2. The van der Waals surface area contributed by atoms with E-state index in [1.165, 1.54) is 0 Å². The molecule has 1 heterocycles. The molecule has 1 aliphatic carbocycles. The van der Waals surface area contributed by atoms with Crippen LogP contribution in [0.5, 0.6) is 11.5 Å². The van der Waals surface area contributed by atoms with Crippen LogP contribution < -0.4 is 4.74 Å². The Hall–Kier alpha value is -3.60. The van der Waals surface area contributed by atoms with Crippen molar-refractivity contribution >= 4 is 6.29 Å². The van der Waals surface area contributed by atoms with Gasteiger partial charge >= 0.3 is 0 Å². The number of hydrogen-bond acceptors (Lipinski definition) is 4. The molecule has 5 nitrogen and oxygen atoms in total. The molecular weight excluding hydrogens is 352 g/mol. The first kappa shape index (κ1) is 17.8. The highest BCUT2D eigenvalue weighted by Crippen LogP contribution is 2.43. The second-order valence-electron chi connectivity index (χ2n) is 6.65. The van der Waals surface area contributed by atoms with Crippen molar-refractivity contribution in [2.45, 2.75) is 11.8 Å². The summed E-state index contributed by atoms with van der Waals surface area (Å²) in [4.78, 5) is 12.2. The largest absolute Gasteiger partial charge is 0.504 e. The van der Waals surface area contributed by atoms with Crippen LogP contribution in [0.3, 0.4) is 0 Å². The summed E-state index contributed by atoms with van der Waals surface area (Å²) >= 11 is 0. The maximum atomic E-state index is 12.2. The van der Waals surface area contributed by atoms with Crippen molar-refractivity contribution in [3.05, 3.63) is 84.6 Å². The Morgan fingerprint density at radius 1 is 1.11 bits per heavy atom. The Kier molecular flexibility index (Phi) is 4.57. The van der Waals surface area contributed by atoms with Gasteiger partial charge in [-0.15, -0.1) is 0 Å². The molecule has 1 aliphatic rings. The number of para-hydroxylation sites is 2. The molecule has 1 unspecified atom stereocenters. The van der Waals surface area contributed by atoms with E-state index in [1.807, 2.05) is 72.8 Å². The van der Waals surface area contributed by atoms with Crippen molar-refractivity contribution < 1.29 is 14.6 Å². The third kappa shape index (κ3) is 2.81. The Morgan fingerprint density at radius 3 is 2.54 bits per heavy atom. The summed E-state index contributed by atoms with van der Waals surface area (Å²) in [5.74, 6) is 0.589. The van der Waals surface area contributed by atoms with Crippen molar-refractivity contribution in [1.29, 1.82) is 0 Å². The van der Waals surface area contributed by atoms with Crippen LogP contribution in [-0.4, -0.2) is 28.3 Å². The smallest absolute Gasteiger partial charge is 0.166 e. The van der Waals surface area contributed by atoms with Gasteiger partial charge in [-0.05, 0) is 18.6 Å². The van der Waals surface area contributed by atoms with Gasteiger partial charge in [0, 0.05) is 5.56 Å². The number of carbonyl (C=O) groups is 1. The summed E-state index contributed by atoms with van der Waals surface area (Å²) in [6, 6.07) is 16.8. The molecular formula is C23H20N2O3. The van der Waals surface area contributed by atoms with E-state index >= 15 is 0 Å². The summed E-state index contributed by atoms with van der Waals surface area (Å²) < 4.78 is 7.12. The minimum atomic E-state index is -1.01. The average Bonchev–Trinajstić information content (AvgIpc) is 3.12. The molecule has 0 amide bonds. The summed E-state index contributed by atoms with van der Waals surface area (Å²) in [5, 5.41) is 15.9. The number of hydrogen-bond donors (Lipinski definition) is 1. The fourth-order valence-electron chi connectivity index (χ4n) is 3.55. The van der Waals surface area contributed by atoms with Crippen LogP contribution in [-0.2, 0) is 10.2 Å². The second-order valence-corrected chi connectivity index (χ2v) is 6.65. The zero-order valence-electron chi connectivity index (χ0n) is 15.4. The molecule has 0 radical (unpaired) electrons. The van der Waals surface area contributed by atoms with E-state index in [4.69, 9.17) is 9.84 Å². The molecule has 28 heavy (non-hydrogen) atoms. The van der Waals surface area contributed by atoms with E-state index in [0.29, 0.717) is 29.2 Å². The molecule has 1 N–H and O–H groups in total. The molecule has 4 rings (SSSR count). The topological polar surface area (TPSA) is 64.3 Å². The lowest BCUT2D eigenvalue weighted by Gasteiger charge is -2.26. The first-order chi connectivity index (χ1) is 13.7. The number of aromatic hydroxyl groups is 1. The predicted molar refractivity (Wildman–Crippen MR) is 108 cm³/mol. The number of methoxy groups -OCH3 is 1. The number of ether oxygens (including phenoxy) is 1. The van der Waals surface area contributed by atoms with Crippen molar-refractivity contribution in [2.24, 2.45) is 0 Å². The average molecular weight is 372 g/mol. The molecule has 3 aromatic rings. The molecule has 5 heteroatoms. The minimum Gasteiger partial charge on any atom is -0.504 e. The summed E-state index contributed by atoms with van der Waals surface area (Å²) in [6.07, 6.45) is 8.73. The molecule has 0 saturated carbocycles. The highest BCUT2D eigenvalue weighted by molar-refractivity contribution is 5.79. The van der Waals surface area contributed by atoms with Crippen LogP contribution in [0.4, 0.5) is 0 Å². The molecule has 0 spiro atoms. The van der Waals surface area contributed by atoms with Crippen LogP contribution in [0.15, 0.2) is 78.9 Å². The lowest BCUT2D eigenvalue weighted by atomic mass is 9.79. The summed E-state index contributed by atoms with van der Waals surface area (Å²) in [6.45, 7) is 0. The van der Waals surface area contributed by atoms with Gasteiger partial charge in [0.1, 0.15) is 29.1 Å². The van der Waals surface area contributed by atoms with Crippen molar-refractivity contribution in [3.63, 3.8) is 0 Å². The van der Waals surface area contributed by atoms with Gasteiger partial charge in [-0.2, -0.15) is 5.10 Å². The van der Waals surface area contributed by atoms with Gasteiger partial charge in [-0.25, -0.2) is 4.68 Å². The van der Waals surface area contributed by atoms with Gasteiger partial charge in [-0.3, -0.25) is 0 Å². The highest BCUT2D eigenvalue weighted by atomic mass is 16.5. The monoisotopic (exact) mass is 372 g/mol. The van der Waals surface area contributed by atoms with Gasteiger partial charge in [0.25, 0.3) is 0 Å². The normalized spacial score (nSPS) is 18.2. The van der Waals surface area contributed by atoms with Crippen LogP contribution in [0.2, 0.25) is 0 Å². The molecule has 2 aromatic carbocycles. The number of allylic oxidation sites excluding steroid dienone is 4. The highest BCUT2D eigenvalue weighted by Gasteiger charge is 2.38. The Labute approximate surface area is 163 Å².